The molecule has 2 atom stereocenters. The first-order valence-corrected chi connectivity index (χ1v) is 7.57. The Morgan fingerprint density at radius 2 is 2.25 bits per heavy atom. The molecule has 1 N–H and O–H groups in total. The average molecular weight is 277 g/mol. The third-order valence-electron chi connectivity index (χ3n) is 3.91. The first kappa shape index (κ1) is 13.9. The first-order chi connectivity index (χ1) is 9.90. The number of hydrogen-bond donors (Lipinski definition) is 1. The number of rotatable bonds is 5. The zero-order valence-electron chi connectivity index (χ0n) is 12.1. The number of hydrogen-bond acceptors (Lipinski definition) is 4. The highest BCUT2D eigenvalue weighted by Crippen LogP contribution is 2.35. The molecule has 0 radical (unpaired) electrons. The molecule has 4 heteroatoms. The van der Waals surface area contributed by atoms with Gasteiger partial charge in [-0.25, -0.2) is 0 Å². The molecule has 0 aromatic heterocycles. The standard InChI is InChI=1S/C16H23NO3/c1-2-7-17-15(14-11-18-9-10-19-14)13-5-3-4-12-6-8-20-16(12)13/h3-5,14-15,17H,2,6-11H2,1H3. The van der Waals surface area contributed by atoms with Crippen molar-refractivity contribution < 1.29 is 14.2 Å². The molecule has 1 fully saturated rings. The maximum atomic E-state index is 5.91. The fourth-order valence-corrected chi connectivity index (χ4v) is 2.93. The van der Waals surface area contributed by atoms with Crippen LogP contribution in [0.25, 0.3) is 0 Å². The van der Waals surface area contributed by atoms with Crippen LogP contribution in [-0.2, 0) is 15.9 Å². The smallest absolute Gasteiger partial charge is 0.127 e. The molecular weight excluding hydrogens is 254 g/mol. The predicted molar refractivity (Wildman–Crippen MR) is 77.2 cm³/mol. The summed E-state index contributed by atoms with van der Waals surface area (Å²) in [7, 11) is 0. The molecule has 20 heavy (non-hydrogen) atoms. The monoisotopic (exact) mass is 277 g/mol. The Morgan fingerprint density at radius 3 is 3.05 bits per heavy atom. The van der Waals surface area contributed by atoms with E-state index in [2.05, 4.69) is 30.4 Å². The van der Waals surface area contributed by atoms with Crippen LogP contribution in [0.5, 0.6) is 5.75 Å². The van der Waals surface area contributed by atoms with E-state index in [0.717, 1.165) is 31.7 Å². The van der Waals surface area contributed by atoms with Crippen molar-refractivity contribution in [2.75, 3.05) is 33.0 Å². The van der Waals surface area contributed by atoms with E-state index in [1.54, 1.807) is 0 Å². The maximum Gasteiger partial charge on any atom is 0.127 e. The van der Waals surface area contributed by atoms with Crippen molar-refractivity contribution in [1.29, 1.82) is 0 Å². The van der Waals surface area contributed by atoms with Gasteiger partial charge in [0.1, 0.15) is 11.9 Å². The molecule has 1 aromatic rings. The minimum absolute atomic E-state index is 0.0611. The quantitative estimate of drug-likeness (QED) is 0.894. The lowest BCUT2D eigenvalue weighted by atomic mass is 9.97. The van der Waals surface area contributed by atoms with Crippen molar-refractivity contribution in [3.63, 3.8) is 0 Å². The van der Waals surface area contributed by atoms with Gasteiger partial charge in [0.15, 0.2) is 0 Å². The van der Waals surface area contributed by atoms with Gasteiger partial charge in [0, 0.05) is 12.0 Å². The lowest BCUT2D eigenvalue weighted by molar-refractivity contribution is -0.102. The van der Waals surface area contributed by atoms with Crippen LogP contribution in [0.15, 0.2) is 18.2 Å². The molecule has 0 bridgehead atoms. The normalized spacial score (nSPS) is 23.1. The van der Waals surface area contributed by atoms with E-state index in [1.165, 1.54) is 11.1 Å². The van der Waals surface area contributed by atoms with Crippen molar-refractivity contribution in [2.45, 2.75) is 31.9 Å². The van der Waals surface area contributed by atoms with Crippen molar-refractivity contribution in [3.05, 3.63) is 29.3 Å². The summed E-state index contributed by atoms with van der Waals surface area (Å²) in [5.74, 6) is 1.05. The third kappa shape index (κ3) is 2.82. The Balaban J connectivity index is 1.86. The van der Waals surface area contributed by atoms with Gasteiger partial charge >= 0.3 is 0 Å². The van der Waals surface area contributed by atoms with Crippen LogP contribution in [0, 0.1) is 0 Å². The molecular formula is C16H23NO3. The Morgan fingerprint density at radius 1 is 1.30 bits per heavy atom. The molecule has 0 amide bonds. The van der Waals surface area contributed by atoms with Crippen LogP contribution >= 0.6 is 0 Å². The largest absolute Gasteiger partial charge is 0.493 e. The van der Waals surface area contributed by atoms with E-state index in [0.29, 0.717) is 19.8 Å². The summed E-state index contributed by atoms with van der Waals surface area (Å²) in [6.07, 6.45) is 2.16. The van der Waals surface area contributed by atoms with Gasteiger partial charge in [0.05, 0.1) is 32.5 Å². The molecule has 1 saturated heterocycles. The molecule has 2 aliphatic heterocycles. The van der Waals surface area contributed by atoms with Gasteiger partial charge in [-0.15, -0.1) is 0 Å². The number of benzene rings is 1. The summed E-state index contributed by atoms with van der Waals surface area (Å²) < 4.78 is 17.3. The molecule has 2 unspecified atom stereocenters. The number of nitrogens with one attached hydrogen (secondary N) is 1. The molecule has 3 rings (SSSR count). The highest BCUT2D eigenvalue weighted by atomic mass is 16.6. The lowest BCUT2D eigenvalue weighted by Crippen LogP contribution is -2.41. The third-order valence-corrected chi connectivity index (χ3v) is 3.91. The highest BCUT2D eigenvalue weighted by molar-refractivity contribution is 5.46. The SMILES string of the molecule is CCCNC(c1cccc2c1OCC2)C1COCCO1. The molecule has 0 spiro atoms. The topological polar surface area (TPSA) is 39.7 Å². The van der Waals surface area contributed by atoms with Gasteiger partial charge < -0.3 is 19.5 Å². The van der Waals surface area contributed by atoms with Crippen LogP contribution in [0.2, 0.25) is 0 Å². The fourth-order valence-electron chi connectivity index (χ4n) is 2.93. The summed E-state index contributed by atoms with van der Waals surface area (Å²) >= 11 is 0. The number of ether oxygens (including phenoxy) is 3. The van der Waals surface area contributed by atoms with Gasteiger partial charge in [-0.2, -0.15) is 0 Å². The van der Waals surface area contributed by atoms with Crippen LogP contribution in [0.4, 0.5) is 0 Å². The molecule has 2 aliphatic rings. The Hall–Kier alpha value is -1.10. The molecule has 0 saturated carbocycles. The molecule has 0 aliphatic carbocycles. The minimum Gasteiger partial charge on any atom is -0.493 e. The van der Waals surface area contributed by atoms with E-state index >= 15 is 0 Å². The molecule has 2 heterocycles. The van der Waals surface area contributed by atoms with E-state index < -0.39 is 0 Å². The zero-order valence-corrected chi connectivity index (χ0v) is 12.1. The van der Waals surface area contributed by atoms with Gasteiger partial charge in [0.2, 0.25) is 0 Å². The summed E-state index contributed by atoms with van der Waals surface area (Å²) in [5.41, 5.74) is 2.52. The summed E-state index contributed by atoms with van der Waals surface area (Å²) in [4.78, 5) is 0. The van der Waals surface area contributed by atoms with Crippen molar-refractivity contribution in [2.24, 2.45) is 0 Å². The second-order valence-corrected chi connectivity index (χ2v) is 5.35. The average Bonchev–Trinajstić information content (AvgIpc) is 2.98. The van der Waals surface area contributed by atoms with Gasteiger partial charge in [0.25, 0.3) is 0 Å². The Labute approximate surface area is 120 Å². The van der Waals surface area contributed by atoms with Gasteiger partial charge in [-0.3, -0.25) is 0 Å². The summed E-state index contributed by atoms with van der Waals surface area (Å²) in [5, 5.41) is 3.60. The Kier molecular flexibility index (Phi) is 4.55. The Bertz CT molecular complexity index is 443. The zero-order chi connectivity index (χ0) is 13.8. The van der Waals surface area contributed by atoms with Gasteiger partial charge in [-0.05, 0) is 18.5 Å². The van der Waals surface area contributed by atoms with Crippen LogP contribution < -0.4 is 10.1 Å². The second-order valence-electron chi connectivity index (χ2n) is 5.35. The van der Waals surface area contributed by atoms with Gasteiger partial charge in [-0.1, -0.05) is 25.1 Å². The minimum atomic E-state index is 0.0611. The number of para-hydroxylation sites is 1. The van der Waals surface area contributed by atoms with Crippen LogP contribution in [0.3, 0.4) is 0 Å². The van der Waals surface area contributed by atoms with E-state index in [4.69, 9.17) is 14.2 Å². The van der Waals surface area contributed by atoms with Crippen molar-refractivity contribution >= 4 is 0 Å². The van der Waals surface area contributed by atoms with Crippen LogP contribution in [0.1, 0.15) is 30.5 Å². The molecule has 1 aromatic carbocycles. The summed E-state index contributed by atoms with van der Waals surface area (Å²) in [6, 6.07) is 6.56. The van der Waals surface area contributed by atoms with E-state index in [1.807, 2.05) is 0 Å². The molecule has 4 nitrogen and oxygen atoms in total. The predicted octanol–water partition coefficient (Wildman–Crippen LogP) is 2.08. The molecule has 110 valence electrons. The first-order valence-electron chi connectivity index (χ1n) is 7.57. The van der Waals surface area contributed by atoms with Crippen LogP contribution in [-0.4, -0.2) is 39.1 Å². The van der Waals surface area contributed by atoms with Crippen molar-refractivity contribution in [3.8, 4) is 5.75 Å². The number of fused-ring (bicyclic) bond motifs is 1. The highest BCUT2D eigenvalue weighted by Gasteiger charge is 2.30. The summed E-state index contributed by atoms with van der Waals surface area (Å²) in [6.45, 7) is 5.94. The van der Waals surface area contributed by atoms with E-state index in [9.17, 15) is 0 Å². The lowest BCUT2D eigenvalue weighted by Gasteiger charge is -2.32. The fraction of sp³-hybridized carbons (Fsp3) is 0.625. The van der Waals surface area contributed by atoms with Crippen molar-refractivity contribution in [1.82, 2.24) is 5.32 Å². The van der Waals surface area contributed by atoms with E-state index in [-0.39, 0.29) is 12.1 Å². The maximum absolute atomic E-state index is 5.91. The second kappa shape index (κ2) is 6.57.